The van der Waals surface area contributed by atoms with Gasteiger partial charge < -0.3 is 5.32 Å². The Bertz CT molecular complexity index is 691. The molecule has 5 heteroatoms. The average Bonchev–Trinajstić information content (AvgIpc) is 3.06. The van der Waals surface area contributed by atoms with Crippen molar-refractivity contribution in [1.29, 1.82) is 0 Å². The molecule has 1 N–H and O–H groups in total. The Morgan fingerprint density at radius 1 is 1.23 bits per heavy atom. The maximum absolute atomic E-state index is 13.3. The van der Waals surface area contributed by atoms with E-state index in [2.05, 4.69) is 31.2 Å². The molecular weight excluding hydrogens is 332 g/mol. The van der Waals surface area contributed by atoms with E-state index < -0.39 is 6.43 Å². The molecule has 1 aliphatic rings. The fraction of sp³-hybridized carbons (Fsp3) is 0.571. The van der Waals surface area contributed by atoms with Crippen molar-refractivity contribution in [2.24, 2.45) is 7.05 Å². The number of benzene rings is 1. The summed E-state index contributed by atoms with van der Waals surface area (Å²) in [7, 11) is 1.79. The number of aryl methyl sites for hydroxylation is 1. The van der Waals surface area contributed by atoms with Crippen LogP contribution in [0.5, 0.6) is 0 Å². The summed E-state index contributed by atoms with van der Waals surface area (Å²) in [5.41, 5.74) is 3.34. The molecule has 0 saturated carbocycles. The summed E-state index contributed by atoms with van der Waals surface area (Å²) in [5.74, 6) is 0.383. The first-order valence-corrected chi connectivity index (χ1v) is 9.66. The summed E-state index contributed by atoms with van der Waals surface area (Å²) in [6.07, 6.45) is 7.47. The van der Waals surface area contributed by atoms with E-state index in [0.29, 0.717) is 11.5 Å². The normalized spacial score (nSPS) is 15.9. The number of unbranched alkanes of at least 4 members (excludes halogenated alkanes) is 3. The predicted molar refractivity (Wildman–Crippen MR) is 105 cm³/mol. The monoisotopic (exact) mass is 363 g/mol. The molecule has 1 atom stereocenters. The quantitative estimate of drug-likeness (QED) is 0.612. The van der Waals surface area contributed by atoms with Gasteiger partial charge in [0.1, 0.15) is 0 Å². The molecule has 1 aliphatic heterocycles. The molecule has 3 rings (SSSR count). The van der Waals surface area contributed by atoms with Gasteiger partial charge in [-0.2, -0.15) is 5.10 Å². The molecule has 0 spiro atoms. The second-order valence-corrected chi connectivity index (χ2v) is 7.05. The SMILES string of the molecule is CC1CCNc2cc(C(F)F)c(-c3cnn(C)c3)cc21.CCCCCC. The number of alkyl halides is 2. The van der Waals surface area contributed by atoms with Gasteiger partial charge in [-0.05, 0) is 35.6 Å². The third-order valence-electron chi connectivity index (χ3n) is 4.85. The second kappa shape index (κ2) is 9.70. The first-order chi connectivity index (χ1) is 12.5. The minimum atomic E-state index is -2.49. The highest BCUT2D eigenvalue weighted by Crippen LogP contribution is 2.40. The molecule has 0 radical (unpaired) electrons. The van der Waals surface area contributed by atoms with Crippen LogP contribution < -0.4 is 5.32 Å². The Kier molecular flexibility index (Phi) is 7.61. The average molecular weight is 363 g/mol. The van der Waals surface area contributed by atoms with Crippen molar-refractivity contribution in [3.05, 3.63) is 35.7 Å². The molecule has 0 amide bonds. The number of hydrogen-bond acceptors (Lipinski definition) is 2. The van der Waals surface area contributed by atoms with Crippen molar-refractivity contribution in [2.75, 3.05) is 11.9 Å². The van der Waals surface area contributed by atoms with Crippen LogP contribution in [0.25, 0.3) is 11.1 Å². The molecule has 0 saturated heterocycles. The summed E-state index contributed by atoms with van der Waals surface area (Å²) >= 11 is 0. The van der Waals surface area contributed by atoms with Crippen LogP contribution in [0.2, 0.25) is 0 Å². The highest BCUT2D eigenvalue weighted by Gasteiger charge is 2.23. The molecule has 2 heterocycles. The van der Waals surface area contributed by atoms with Crippen LogP contribution in [0.15, 0.2) is 24.5 Å². The number of rotatable bonds is 5. The molecule has 3 nitrogen and oxygen atoms in total. The molecule has 26 heavy (non-hydrogen) atoms. The molecule has 1 aromatic heterocycles. The first-order valence-electron chi connectivity index (χ1n) is 9.66. The lowest BCUT2D eigenvalue weighted by molar-refractivity contribution is 0.152. The number of hydrogen-bond donors (Lipinski definition) is 1. The van der Waals surface area contributed by atoms with E-state index in [0.717, 1.165) is 29.8 Å². The van der Waals surface area contributed by atoms with E-state index in [1.54, 1.807) is 30.2 Å². The lowest BCUT2D eigenvalue weighted by Crippen LogP contribution is -2.15. The smallest absolute Gasteiger partial charge is 0.264 e. The van der Waals surface area contributed by atoms with Crippen molar-refractivity contribution in [2.45, 2.75) is 65.2 Å². The van der Waals surface area contributed by atoms with Crippen molar-refractivity contribution < 1.29 is 8.78 Å². The van der Waals surface area contributed by atoms with Crippen LogP contribution >= 0.6 is 0 Å². The van der Waals surface area contributed by atoms with Crippen LogP contribution in [-0.2, 0) is 7.05 Å². The largest absolute Gasteiger partial charge is 0.385 e. The molecule has 0 bridgehead atoms. The van der Waals surface area contributed by atoms with E-state index >= 15 is 0 Å². The molecule has 1 aromatic carbocycles. The van der Waals surface area contributed by atoms with Crippen LogP contribution in [-0.4, -0.2) is 16.3 Å². The Morgan fingerprint density at radius 3 is 2.46 bits per heavy atom. The second-order valence-electron chi connectivity index (χ2n) is 7.05. The number of fused-ring (bicyclic) bond motifs is 1. The minimum absolute atomic E-state index is 0.0679. The minimum Gasteiger partial charge on any atom is -0.385 e. The summed E-state index contributed by atoms with van der Waals surface area (Å²) in [4.78, 5) is 0. The summed E-state index contributed by atoms with van der Waals surface area (Å²) < 4.78 is 28.3. The van der Waals surface area contributed by atoms with Crippen LogP contribution in [0, 0.1) is 0 Å². The topological polar surface area (TPSA) is 29.9 Å². The van der Waals surface area contributed by atoms with E-state index in [-0.39, 0.29) is 5.56 Å². The van der Waals surface area contributed by atoms with Crippen molar-refractivity contribution >= 4 is 5.69 Å². The van der Waals surface area contributed by atoms with Gasteiger partial charge in [0.15, 0.2) is 0 Å². The van der Waals surface area contributed by atoms with Gasteiger partial charge in [-0.15, -0.1) is 0 Å². The Labute approximate surface area is 155 Å². The summed E-state index contributed by atoms with van der Waals surface area (Å²) in [6, 6.07) is 3.49. The number of anilines is 1. The molecule has 2 aromatic rings. The standard InChI is InChI=1S/C15H17F2N3.C6H14/c1-9-3-4-18-14-6-13(15(16)17)12(5-11(9)14)10-7-19-20(2)8-10;1-3-5-6-4-2/h5-9,15,18H,3-4H2,1-2H3;3-6H2,1-2H3. The maximum Gasteiger partial charge on any atom is 0.264 e. The fourth-order valence-electron chi connectivity index (χ4n) is 3.26. The van der Waals surface area contributed by atoms with Gasteiger partial charge in [0.2, 0.25) is 0 Å². The predicted octanol–water partition coefficient (Wildman–Crippen LogP) is 6.53. The molecule has 0 fully saturated rings. The van der Waals surface area contributed by atoms with Crippen molar-refractivity contribution in [3.63, 3.8) is 0 Å². The summed E-state index contributed by atoms with van der Waals surface area (Å²) in [5, 5.41) is 7.30. The highest BCUT2D eigenvalue weighted by atomic mass is 19.3. The zero-order valence-corrected chi connectivity index (χ0v) is 16.4. The lowest BCUT2D eigenvalue weighted by atomic mass is 9.88. The van der Waals surface area contributed by atoms with E-state index in [4.69, 9.17) is 0 Å². The number of halogens is 2. The highest BCUT2D eigenvalue weighted by molar-refractivity contribution is 5.73. The van der Waals surface area contributed by atoms with Gasteiger partial charge >= 0.3 is 0 Å². The number of nitrogens with one attached hydrogen (secondary N) is 1. The van der Waals surface area contributed by atoms with E-state index in [1.807, 2.05) is 6.07 Å². The molecular formula is C21H31F2N3. The maximum atomic E-state index is 13.3. The van der Waals surface area contributed by atoms with Crippen molar-refractivity contribution in [1.82, 2.24) is 9.78 Å². The van der Waals surface area contributed by atoms with Crippen LogP contribution in [0.3, 0.4) is 0 Å². The molecule has 1 unspecified atom stereocenters. The van der Waals surface area contributed by atoms with Gasteiger partial charge in [-0.25, -0.2) is 8.78 Å². The summed E-state index contributed by atoms with van der Waals surface area (Å²) in [6.45, 7) is 7.43. The Balaban J connectivity index is 0.000000352. The third-order valence-corrected chi connectivity index (χ3v) is 4.85. The number of nitrogens with zero attached hydrogens (tertiary/aromatic N) is 2. The lowest BCUT2D eigenvalue weighted by Gasteiger charge is -2.26. The van der Waals surface area contributed by atoms with Gasteiger partial charge in [-0.1, -0.05) is 46.5 Å². The zero-order valence-electron chi connectivity index (χ0n) is 16.4. The Morgan fingerprint density at radius 2 is 1.92 bits per heavy atom. The zero-order chi connectivity index (χ0) is 19.1. The third kappa shape index (κ3) is 5.05. The molecule has 144 valence electrons. The van der Waals surface area contributed by atoms with Crippen LogP contribution in [0.1, 0.15) is 76.3 Å². The van der Waals surface area contributed by atoms with Gasteiger partial charge in [-0.3, -0.25) is 4.68 Å². The van der Waals surface area contributed by atoms with Gasteiger partial charge in [0.25, 0.3) is 6.43 Å². The Hall–Kier alpha value is -1.91. The van der Waals surface area contributed by atoms with Gasteiger partial charge in [0.05, 0.1) is 6.20 Å². The van der Waals surface area contributed by atoms with E-state index in [9.17, 15) is 8.78 Å². The van der Waals surface area contributed by atoms with Crippen molar-refractivity contribution in [3.8, 4) is 11.1 Å². The fourth-order valence-corrected chi connectivity index (χ4v) is 3.26. The van der Waals surface area contributed by atoms with Crippen LogP contribution in [0.4, 0.5) is 14.5 Å². The molecule has 0 aliphatic carbocycles. The first kappa shape index (κ1) is 20.4. The van der Waals surface area contributed by atoms with E-state index in [1.165, 1.54) is 25.7 Å². The van der Waals surface area contributed by atoms with Gasteiger partial charge in [0, 0.05) is 36.6 Å². The number of aromatic nitrogens is 2.